The Morgan fingerprint density at radius 2 is 1.73 bits per heavy atom. The number of carboxylic acids is 1. The van der Waals surface area contributed by atoms with Crippen LogP contribution in [0.15, 0.2) is 41.3 Å². The summed E-state index contributed by atoms with van der Waals surface area (Å²) in [5.74, 6) is -0.861. The Hall–Kier alpha value is -2.60. The van der Waals surface area contributed by atoms with Crippen molar-refractivity contribution in [3.05, 3.63) is 58.7 Å². The average Bonchev–Trinajstić information content (AvgIpc) is 2.74. The number of hydrogen-bond acceptors (Lipinski definition) is 3. The third-order valence-electron chi connectivity index (χ3n) is 5.25. The van der Waals surface area contributed by atoms with E-state index in [9.17, 15) is 35.3 Å². The standard InChI is InChI=1S/C21H19F6NO4S/c1-28(17-6-2-5-16-15(17)4-3-7-18(16)32-11-19(29)30)33(31)14-9-12(20(22,23)24)8-13(10-14)21(25,26)27/h3-4,7-10,17H,2,5-6,11H2,1H3,(H,29,30)/t17-,33?/m1/s1. The number of carboxylic acid groups (broad SMARTS) is 1. The summed E-state index contributed by atoms with van der Waals surface area (Å²) < 4.78 is 98.8. The lowest BCUT2D eigenvalue weighted by Gasteiger charge is -2.33. The van der Waals surface area contributed by atoms with Crippen molar-refractivity contribution in [3.63, 3.8) is 0 Å². The highest BCUT2D eigenvalue weighted by Gasteiger charge is 2.38. The van der Waals surface area contributed by atoms with Crippen molar-refractivity contribution in [1.82, 2.24) is 4.31 Å². The molecule has 0 fully saturated rings. The molecule has 0 aliphatic heterocycles. The van der Waals surface area contributed by atoms with Crippen LogP contribution in [0.2, 0.25) is 0 Å². The van der Waals surface area contributed by atoms with E-state index in [-0.39, 0.29) is 6.07 Å². The number of hydrogen-bond donors (Lipinski definition) is 1. The molecule has 2 aromatic carbocycles. The van der Waals surface area contributed by atoms with Gasteiger partial charge in [-0.15, -0.1) is 0 Å². The second-order valence-electron chi connectivity index (χ2n) is 7.45. The zero-order valence-corrected chi connectivity index (χ0v) is 18.0. The molecule has 1 aliphatic carbocycles. The fourth-order valence-electron chi connectivity index (χ4n) is 3.75. The molecule has 5 nitrogen and oxygen atoms in total. The van der Waals surface area contributed by atoms with Crippen LogP contribution < -0.4 is 4.74 Å². The minimum absolute atomic E-state index is 0.0112. The Labute approximate surface area is 187 Å². The van der Waals surface area contributed by atoms with Crippen LogP contribution >= 0.6 is 0 Å². The highest BCUT2D eigenvalue weighted by Crippen LogP contribution is 2.41. The Morgan fingerprint density at radius 3 is 2.27 bits per heavy atom. The van der Waals surface area contributed by atoms with Gasteiger partial charge in [-0.1, -0.05) is 12.1 Å². The molecular formula is C21H19F6NO4S. The number of halogens is 6. The summed E-state index contributed by atoms with van der Waals surface area (Å²) in [5.41, 5.74) is -1.79. The van der Waals surface area contributed by atoms with Crippen LogP contribution in [-0.4, -0.2) is 33.2 Å². The van der Waals surface area contributed by atoms with Gasteiger partial charge < -0.3 is 9.84 Å². The Balaban J connectivity index is 1.98. The molecule has 0 heterocycles. The Morgan fingerprint density at radius 1 is 1.12 bits per heavy atom. The molecule has 180 valence electrons. The second kappa shape index (κ2) is 9.34. The molecule has 0 saturated carbocycles. The van der Waals surface area contributed by atoms with Crippen molar-refractivity contribution >= 4 is 17.0 Å². The van der Waals surface area contributed by atoms with Crippen LogP contribution in [0.3, 0.4) is 0 Å². The topological polar surface area (TPSA) is 66.8 Å². The summed E-state index contributed by atoms with van der Waals surface area (Å²) in [6.07, 6.45) is -8.55. The Bertz CT molecular complexity index is 1040. The Kier molecular flexibility index (Phi) is 7.08. The maximum absolute atomic E-state index is 13.2. The van der Waals surface area contributed by atoms with Crippen molar-refractivity contribution in [2.45, 2.75) is 42.6 Å². The van der Waals surface area contributed by atoms with E-state index < -0.39 is 58.0 Å². The van der Waals surface area contributed by atoms with Gasteiger partial charge in [0.1, 0.15) is 16.7 Å². The number of nitrogens with zero attached hydrogens (tertiary/aromatic N) is 1. The van der Waals surface area contributed by atoms with Crippen molar-refractivity contribution in [1.29, 1.82) is 0 Å². The third-order valence-corrected chi connectivity index (χ3v) is 6.66. The van der Waals surface area contributed by atoms with E-state index in [0.29, 0.717) is 48.3 Å². The molecule has 0 bridgehead atoms. The summed E-state index contributed by atoms with van der Waals surface area (Å²) in [5, 5.41) is 8.84. The lowest BCUT2D eigenvalue weighted by atomic mass is 9.87. The molecule has 2 atom stereocenters. The van der Waals surface area contributed by atoms with Crippen molar-refractivity contribution < 1.29 is 45.2 Å². The van der Waals surface area contributed by atoms with Crippen molar-refractivity contribution in [3.8, 4) is 5.75 Å². The molecule has 3 rings (SSSR count). The molecule has 0 saturated heterocycles. The van der Waals surface area contributed by atoms with Gasteiger partial charge in [0.15, 0.2) is 6.61 Å². The second-order valence-corrected chi connectivity index (χ2v) is 9.00. The molecule has 0 amide bonds. The van der Waals surface area contributed by atoms with Gasteiger partial charge in [-0.05, 0) is 54.7 Å². The quantitative estimate of drug-likeness (QED) is 0.559. The van der Waals surface area contributed by atoms with Crippen molar-refractivity contribution in [2.75, 3.05) is 13.7 Å². The molecule has 2 aromatic rings. The van der Waals surface area contributed by atoms with E-state index in [1.54, 1.807) is 18.2 Å². The van der Waals surface area contributed by atoms with Crippen LogP contribution in [0.4, 0.5) is 26.3 Å². The minimum atomic E-state index is -5.05. The molecule has 0 aromatic heterocycles. The maximum Gasteiger partial charge on any atom is 0.416 e. The summed E-state index contributed by atoms with van der Waals surface area (Å²) in [6, 6.07) is 5.17. The van der Waals surface area contributed by atoms with E-state index in [1.807, 2.05) is 0 Å². The smallest absolute Gasteiger partial charge is 0.416 e. The lowest BCUT2D eigenvalue weighted by molar-refractivity contribution is -0.143. The number of benzene rings is 2. The van der Waals surface area contributed by atoms with Crippen LogP contribution in [0.5, 0.6) is 5.75 Å². The van der Waals surface area contributed by atoms with E-state index >= 15 is 0 Å². The van der Waals surface area contributed by atoms with E-state index in [1.165, 1.54) is 11.4 Å². The lowest BCUT2D eigenvalue weighted by Crippen LogP contribution is -2.30. The zero-order valence-electron chi connectivity index (χ0n) is 17.2. The monoisotopic (exact) mass is 495 g/mol. The summed E-state index contributed by atoms with van der Waals surface area (Å²) in [7, 11) is -0.987. The van der Waals surface area contributed by atoms with Crippen LogP contribution in [0.1, 0.15) is 41.1 Å². The van der Waals surface area contributed by atoms with E-state index in [0.717, 1.165) is 0 Å². The molecule has 12 heteroatoms. The first-order valence-corrected chi connectivity index (χ1v) is 10.8. The first-order valence-electron chi connectivity index (χ1n) is 9.69. The van der Waals surface area contributed by atoms with Gasteiger partial charge >= 0.3 is 18.3 Å². The number of rotatable bonds is 6. The first-order chi connectivity index (χ1) is 15.3. The predicted octanol–water partition coefficient (Wildman–Crippen LogP) is 5.22. The number of carbonyl (C=O) groups is 1. The van der Waals surface area contributed by atoms with Gasteiger partial charge in [0, 0.05) is 13.1 Å². The van der Waals surface area contributed by atoms with Gasteiger partial charge in [0.2, 0.25) is 0 Å². The van der Waals surface area contributed by atoms with Gasteiger partial charge in [0.25, 0.3) is 0 Å². The molecule has 1 aliphatic rings. The average molecular weight is 495 g/mol. The molecular weight excluding hydrogens is 476 g/mol. The highest BCUT2D eigenvalue weighted by atomic mass is 32.2. The molecule has 33 heavy (non-hydrogen) atoms. The fraction of sp³-hybridized carbons (Fsp3) is 0.381. The van der Waals surface area contributed by atoms with Crippen molar-refractivity contribution in [2.24, 2.45) is 0 Å². The molecule has 1 unspecified atom stereocenters. The fourth-order valence-corrected chi connectivity index (χ4v) is 4.99. The molecule has 0 spiro atoms. The number of fused-ring (bicyclic) bond motifs is 1. The van der Waals surface area contributed by atoms with E-state index in [2.05, 4.69) is 0 Å². The van der Waals surface area contributed by atoms with E-state index in [4.69, 9.17) is 9.84 Å². The van der Waals surface area contributed by atoms with Gasteiger partial charge in [0.05, 0.1) is 16.0 Å². The highest BCUT2D eigenvalue weighted by molar-refractivity contribution is 7.82. The van der Waals surface area contributed by atoms with Crippen LogP contribution in [0.25, 0.3) is 0 Å². The van der Waals surface area contributed by atoms with Gasteiger partial charge in [-0.25, -0.2) is 13.3 Å². The predicted molar refractivity (Wildman–Crippen MR) is 106 cm³/mol. The summed E-state index contributed by atoms with van der Waals surface area (Å²) >= 11 is 0. The SMILES string of the molecule is CN([C@@H]1CCCc2c(OCC(=O)O)cccc21)S(=O)c1cc(C(F)(F)F)cc(C(F)(F)F)c1. The minimum Gasteiger partial charge on any atom is -0.482 e. The summed E-state index contributed by atoms with van der Waals surface area (Å²) in [6.45, 7) is -0.576. The van der Waals surface area contributed by atoms with Gasteiger partial charge in [-0.3, -0.25) is 0 Å². The zero-order chi connectivity index (χ0) is 24.6. The number of ether oxygens (including phenoxy) is 1. The first kappa shape index (κ1) is 25.0. The maximum atomic E-state index is 13.2. The largest absolute Gasteiger partial charge is 0.482 e. The molecule has 0 radical (unpaired) electrons. The van der Waals surface area contributed by atoms with Gasteiger partial charge in [-0.2, -0.15) is 26.3 Å². The number of aliphatic carboxylic acids is 1. The van der Waals surface area contributed by atoms with Crippen LogP contribution in [-0.2, 0) is 34.6 Å². The third kappa shape index (κ3) is 5.67. The summed E-state index contributed by atoms with van der Waals surface area (Å²) in [4.78, 5) is 10.2. The molecule has 1 N–H and O–H groups in total. The van der Waals surface area contributed by atoms with Crippen LogP contribution in [0, 0.1) is 0 Å². The number of alkyl halides is 6. The normalized spacial score (nSPS) is 17.5.